The second-order valence-electron chi connectivity index (χ2n) is 15.5. The predicted octanol–water partition coefficient (Wildman–Crippen LogP) is 2.55. The lowest BCUT2D eigenvalue weighted by molar-refractivity contribution is -0.146. The molecule has 1 aromatic heterocycles. The third kappa shape index (κ3) is 9.37. The number of nitrogens with one attached hydrogen (secondary N) is 4. The molecule has 5 amide bonds. The maximum Gasteiger partial charge on any atom is 0.289 e. The minimum atomic E-state index is -1.04. The number of ketones is 1. The van der Waals surface area contributed by atoms with Gasteiger partial charge >= 0.3 is 0 Å². The van der Waals surface area contributed by atoms with Gasteiger partial charge in [-0.3, -0.25) is 33.8 Å². The maximum absolute atomic E-state index is 14.5. The van der Waals surface area contributed by atoms with Crippen LogP contribution in [0.25, 0.3) is 0 Å². The minimum Gasteiger partial charge on any atom is -0.347 e. The van der Waals surface area contributed by atoms with Crippen LogP contribution in [-0.4, -0.2) is 86.9 Å². The molecule has 48 heavy (non-hydrogen) atoms. The maximum atomic E-state index is 14.5. The summed E-state index contributed by atoms with van der Waals surface area (Å²) in [6.07, 6.45) is 8.17. The molecule has 13 heteroatoms. The largest absolute Gasteiger partial charge is 0.347 e. The van der Waals surface area contributed by atoms with Crippen LogP contribution < -0.4 is 21.3 Å². The van der Waals surface area contributed by atoms with E-state index in [0.29, 0.717) is 19.4 Å². The Hall–Kier alpha value is -3.90. The van der Waals surface area contributed by atoms with Crippen molar-refractivity contribution >= 4 is 35.3 Å². The van der Waals surface area contributed by atoms with E-state index in [1.165, 1.54) is 18.6 Å². The van der Waals surface area contributed by atoms with Gasteiger partial charge in [-0.2, -0.15) is 0 Å². The molecule has 1 aliphatic carbocycles. The molecule has 1 aliphatic heterocycles. The molecule has 2 heterocycles. The van der Waals surface area contributed by atoms with Crippen LogP contribution in [0.4, 0.5) is 0 Å². The zero-order valence-electron chi connectivity index (χ0n) is 30.0. The number of hydrogen-bond acceptors (Lipinski definition) is 8. The van der Waals surface area contributed by atoms with Gasteiger partial charge in [0.2, 0.25) is 23.5 Å². The third-order valence-electron chi connectivity index (χ3n) is 9.47. The summed E-state index contributed by atoms with van der Waals surface area (Å²) in [6.45, 7) is 16.8. The van der Waals surface area contributed by atoms with Crippen LogP contribution in [0.2, 0.25) is 0 Å². The Balaban J connectivity index is 1.87. The number of hydrogen-bond donors (Lipinski definition) is 4. The molecule has 1 saturated carbocycles. The molecule has 0 unspecified atom stereocenters. The zero-order chi connectivity index (χ0) is 36.0. The summed E-state index contributed by atoms with van der Waals surface area (Å²) in [7, 11) is 0. The van der Waals surface area contributed by atoms with Crippen LogP contribution >= 0.6 is 0 Å². The summed E-state index contributed by atoms with van der Waals surface area (Å²) >= 11 is 0. The fraction of sp³-hybridized carbons (Fsp3) is 0.714. The van der Waals surface area contributed by atoms with E-state index in [9.17, 15) is 28.8 Å². The molecule has 13 nitrogen and oxygen atoms in total. The van der Waals surface area contributed by atoms with Crippen molar-refractivity contribution in [3.05, 3.63) is 24.3 Å². The number of carbonyl (C=O) groups is 6. The molecule has 3 rings (SSSR count). The molecule has 0 spiro atoms. The molecule has 2 fully saturated rings. The average Bonchev–Trinajstić information content (AvgIpc) is 3.62. The number of amides is 5. The smallest absolute Gasteiger partial charge is 0.289 e. The number of likely N-dealkylation sites (tertiary alicyclic amines) is 1. The lowest BCUT2D eigenvalue weighted by Gasteiger charge is -2.38. The zero-order valence-corrected chi connectivity index (χ0v) is 30.0. The summed E-state index contributed by atoms with van der Waals surface area (Å²) in [5.41, 5.74) is -1.45. The van der Waals surface area contributed by atoms with Crippen LogP contribution in [-0.2, 0) is 24.0 Å². The van der Waals surface area contributed by atoms with E-state index in [1.54, 1.807) is 32.6 Å². The fourth-order valence-corrected chi connectivity index (χ4v) is 6.57. The lowest BCUT2D eigenvalue weighted by Crippen LogP contribution is -2.63. The molecule has 1 aromatic rings. The number of fused-ring (bicyclic) bond motifs is 1. The van der Waals surface area contributed by atoms with Gasteiger partial charge in [0.25, 0.3) is 11.8 Å². The molecule has 2 aliphatic rings. The highest BCUT2D eigenvalue weighted by molar-refractivity contribution is 6.38. The normalized spacial score (nSPS) is 21.7. The van der Waals surface area contributed by atoms with Crippen molar-refractivity contribution in [3.8, 4) is 0 Å². The number of rotatable bonds is 13. The van der Waals surface area contributed by atoms with Crippen molar-refractivity contribution in [2.45, 2.75) is 131 Å². The highest BCUT2D eigenvalue weighted by atomic mass is 16.2. The van der Waals surface area contributed by atoms with Crippen LogP contribution in [0.5, 0.6) is 0 Å². The Labute approximate surface area is 284 Å². The molecular formula is C35H55N7O6. The Bertz CT molecular complexity index is 1340. The van der Waals surface area contributed by atoms with Crippen molar-refractivity contribution in [3.63, 3.8) is 0 Å². The molecule has 4 N–H and O–H groups in total. The molecule has 0 radical (unpaired) electrons. The molecule has 1 saturated heterocycles. The summed E-state index contributed by atoms with van der Waals surface area (Å²) in [4.78, 5) is 90.8. The monoisotopic (exact) mass is 669 g/mol. The van der Waals surface area contributed by atoms with Gasteiger partial charge < -0.3 is 26.2 Å². The Kier molecular flexibility index (Phi) is 12.8. The number of carbonyl (C=O) groups excluding carboxylic acids is 6. The third-order valence-corrected chi connectivity index (χ3v) is 9.47. The van der Waals surface area contributed by atoms with E-state index < -0.39 is 70.3 Å². The van der Waals surface area contributed by atoms with E-state index in [0.717, 1.165) is 19.3 Å². The van der Waals surface area contributed by atoms with E-state index in [4.69, 9.17) is 0 Å². The van der Waals surface area contributed by atoms with Gasteiger partial charge in [-0.25, -0.2) is 4.98 Å². The molecule has 7 atom stereocenters. The van der Waals surface area contributed by atoms with Gasteiger partial charge in [0.1, 0.15) is 23.8 Å². The summed E-state index contributed by atoms with van der Waals surface area (Å²) in [6, 6.07) is -4.13. The lowest BCUT2D eigenvalue weighted by atomic mass is 9.82. The van der Waals surface area contributed by atoms with Gasteiger partial charge in [-0.15, -0.1) is 0 Å². The molecule has 266 valence electrons. The van der Waals surface area contributed by atoms with Crippen LogP contribution in [0, 0.1) is 22.7 Å². The second kappa shape index (κ2) is 16.0. The van der Waals surface area contributed by atoms with Crippen molar-refractivity contribution < 1.29 is 28.8 Å². The van der Waals surface area contributed by atoms with Gasteiger partial charge in [0, 0.05) is 25.0 Å². The van der Waals surface area contributed by atoms with Crippen LogP contribution in [0.1, 0.15) is 111 Å². The Morgan fingerprint density at radius 2 is 1.56 bits per heavy atom. The first-order chi connectivity index (χ1) is 22.4. The summed E-state index contributed by atoms with van der Waals surface area (Å²) < 4.78 is 0. The predicted molar refractivity (Wildman–Crippen MR) is 180 cm³/mol. The first kappa shape index (κ1) is 38.5. The van der Waals surface area contributed by atoms with Crippen molar-refractivity contribution in [1.29, 1.82) is 0 Å². The van der Waals surface area contributed by atoms with Gasteiger partial charge in [-0.05, 0) is 55.3 Å². The van der Waals surface area contributed by atoms with Gasteiger partial charge in [0.05, 0.1) is 12.2 Å². The SMILES string of the molecule is CCC[C@H](NC(=O)[C@@H]1[C@H]2CCC[C@H]2CN1C(=O)[C@H](NC(=O)[C@H](NC(=O)c1cnccn1)C(C)(C)C)C(C)(C)C)C(=O)C(=O)N[C@@H](C)CC. The van der Waals surface area contributed by atoms with Crippen LogP contribution in [0.15, 0.2) is 18.6 Å². The van der Waals surface area contributed by atoms with Crippen molar-refractivity contribution in [2.24, 2.45) is 22.7 Å². The van der Waals surface area contributed by atoms with Crippen LogP contribution in [0.3, 0.4) is 0 Å². The Morgan fingerprint density at radius 1 is 0.896 bits per heavy atom. The van der Waals surface area contributed by atoms with E-state index in [2.05, 4.69) is 31.2 Å². The number of Topliss-reactive ketones (excluding diaryl/α,β-unsaturated/α-hetero) is 1. The van der Waals surface area contributed by atoms with E-state index in [1.807, 2.05) is 34.6 Å². The standard InChI is InChI=1S/C35H55N7O6/c1-10-13-23(26(43)31(46)38-20(3)11-2)39-30(45)25-22-15-12-14-21(22)19-42(25)33(48)28(35(7,8)9)41-32(47)27(34(4,5)6)40-29(44)24-18-36-16-17-37-24/h16-18,20-23,25,27-28H,10-15,19H2,1-9H3,(H,38,46)(H,39,45)(H,40,44)(H,41,47)/t20-,21-,22-,23-,25-,27-,28-/m0/s1. The molecular weight excluding hydrogens is 614 g/mol. The molecule has 0 bridgehead atoms. The highest BCUT2D eigenvalue weighted by Crippen LogP contribution is 2.43. The van der Waals surface area contributed by atoms with Gasteiger partial charge in [-0.1, -0.05) is 68.2 Å². The fourth-order valence-electron chi connectivity index (χ4n) is 6.57. The van der Waals surface area contributed by atoms with E-state index >= 15 is 0 Å². The summed E-state index contributed by atoms with van der Waals surface area (Å²) in [5, 5.41) is 11.2. The van der Waals surface area contributed by atoms with Crippen molar-refractivity contribution in [1.82, 2.24) is 36.1 Å². The molecule has 0 aromatic carbocycles. The highest BCUT2D eigenvalue weighted by Gasteiger charge is 2.52. The quantitative estimate of drug-likeness (QED) is 0.231. The first-order valence-corrected chi connectivity index (χ1v) is 17.2. The summed E-state index contributed by atoms with van der Waals surface area (Å²) in [5.74, 6) is -3.45. The first-order valence-electron chi connectivity index (χ1n) is 17.2. The average molecular weight is 670 g/mol. The Morgan fingerprint density at radius 3 is 2.12 bits per heavy atom. The van der Waals surface area contributed by atoms with E-state index in [-0.39, 0.29) is 30.0 Å². The number of nitrogens with zero attached hydrogens (tertiary/aromatic N) is 3. The second-order valence-corrected chi connectivity index (χ2v) is 15.5. The van der Waals surface area contributed by atoms with Crippen molar-refractivity contribution in [2.75, 3.05) is 6.54 Å². The number of aromatic nitrogens is 2. The minimum absolute atomic E-state index is 0.0534. The van der Waals surface area contributed by atoms with Gasteiger partial charge in [0.15, 0.2) is 0 Å². The topological polar surface area (TPSA) is 180 Å².